The lowest BCUT2D eigenvalue weighted by Gasteiger charge is -2.20. The van der Waals surface area contributed by atoms with Crippen molar-refractivity contribution in [2.45, 2.75) is 13.8 Å². The van der Waals surface area contributed by atoms with Crippen molar-refractivity contribution >= 4 is 45.8 Å². The number of aromatic carboxylic acids is 1. The van der Waals surface area contributed by atoms with Gasteiger partial charge in [0, 0.05) is 58.5 Å². The van der Waals surface area contributed by atoms with E-state index >= 15 is 0 Å². The van der Waals surface area contributed by atoms with Gasteiger partial charge >= 0.3 is 5.97 Å². The largest absolute Gasteiger partial charge is 0.478 e. The molecule has 0 radical (unpaired) electrons. The molecule has 2 aliphatic rings. The van der Waals surface area contributed by atoms with E-state index in [-0.39, 0.29) is 10.6 Å². The number of rotatable bonds is 4. The Labute approximate surface area is 189 Å². The lowest BCUT2D eigenvalue weighted by molar-refractivity contribution is 0.0698. The van der Waals surface area contributed by atoms with Gasteiger partial charge < -0.3 is 14.8 Å². The van der Waals surface area contributed by atoms with Crippen LogP contribution in [0.25, 0.3) is 33.4 Å². The number of carbonyl (C=O) groups is 1. The van der Waals surface area contributed by atoms with Crippen LogP contribution >= 0.6 is 23.2 Å². The van der Waals surface area contributed by atoms with E-state index < -0.39 is 5.97 Å². The van der Waals surface area contributed by atoms with Crippen LogP contribution in [-0.2, 0) is 0 Å². The molecule has 0 fully saturated rings. The number of benzene rings is 3. The summed E-state index contributed by atoms with van der Waals surface area (Å²) < 4.78 is 6.24. The second-order valence-corrected chi connectivity index (χ2v) is 7.97. The van der Waals surface area contributed by atoms with Gasteiger partial charge in [-0.2, -0.15) is 0 Å². The van der Waals surface area contributed by atoms with Crippen LogP contribution in [0.5, 0.6) is 0 Å². The summed E-state index contributed by atoms with van der Waals surface area (Å²) >= 11 is 12.9. The average Bonchev–Trinajstić information content (AvgIpc) is 2.74. The highest BCUT2D eigenvalue weighted by atomic mass is 35.5. The van der Waals surface area contributed by atoms with Crippen molar-refractivity contribution in [2.24, 2.45) is 4.99 Å². The second kappa shape index (κ2) is 8.25. The maximum Gasteiger partial charge on any atom is 0.337 e. The smallest absolute Gasteiger partial charge is 0.337 e. The molecule has 7 heteroatoms. The zero-order valence-corrected chi connectivity index (χ0v) is 18.7. The van der Waals surface area contributed by atoms with Crippen LogP contribution in [0.3, 0.4) is 0 Å². The molecule has 0 unspecified atom stereocenters. The highest BCUT2D eigenvalue weighted by molar-refractivity contribution is 6.39. The number of aryl methyl sites for hydroxylation is 1. The Morgan fingerprint density at radius 3 is 2.52 bits per heavy atom. The molecule has 2 N–H and O–H groups in total. The number of fused-ring (bicyclic) bond motifs is 2. The summed E-state index contributed by atoms with van der Waals surface area (Å²) in [5.74, 6) is -0.574. The molecule has 2 aromatic rings. The predicted octanol–water partition coefficient (Wildman–Crippen LogP) is 6.48. The molecule has 0 aromatic heterocycles. The number of carboxylic acid groups (broad SMARTS) is 1. The van der Waals surface area contributed by atoms with Crippen LogP contribution < -0.4 is 10.7 Å². The lowest BCUT2D eigenvalue weighted by atomic mass is 9.90. The predicted molar refractivity (Wildman–Crippen MR) is 126 cm³/mol. The first kappa shape index (κ1) is 21.2. The maximum atomic E-state index is 12.2. The molecule has 0 saturated heterocycles. The van der Waals surface area contributed by atoms with Gasteiger partial charge in [0.15, 0.2) is 0 Å². The third-order valence-electron chi connectivity index (χ3n) is 5.24. The standard InChI is InChI=1S/C24H20Cl2N2O3/c1-4-28-18-11-20-15(9-12(18)2)21(14-6-5-13(27-3)10-19(14)31-20)22-16(25)7-8-17(26)23(22)24(29)30/h5-11,28H,4H2,1-3H3,(H,29,30)/b27-13+. The van der Waals surface area contributed by atoms with E-state index in [0.29, 0.717) is 27.5 Å². The molecule has 158 valence electrons. The van der Waals surface area contributed by atoms with E-state index in [4.69, 9.17) is 27.6 Å². The van der Waals surface area contributed by atoms with Crippen LogP contribution in [0.1, 0.15) is 22.8 Å². The van der Waals surface area contributed by atoms with Gasteiger partial charge in [-0.1, -0.05) is 23.2 Å². The van der Waals surface area contributed by atoms with Gasteiger partial charge in [0.05, 0.1) is 15.9 Å². The van der Waals surface area contributed by atoms with Gasteiger partial charge in [-0.05, 0) is 49.7 Å². The Bertz CT molecular complexity index is 1380. The quantitative estimate of drug-likeness (QED) is 0.346. The van der Waals surface area contributed by atoms with Gasteiger partial charge in [-0.25, -0.2) is 4.79 Å². The minimum atomic E-state index is -1.15. The van der Waals surface area contributed by atoms with Crippen molar-refractivity contribution in [1.29, 1.82) is 0 Å². The van der Waals surface area contributed by atoms with Gasteiger partial charge in [-0.15, -0.1) is 0 Å². The second-order valence-electron chi connectivity index (χ2n) is 7.16. The number of hydrogen-bond acceptors (Lipinski definition) is 4. The van der Waals surface area contributed by atoms with Crippen molar-refractivity contribution in [1.82, 2.24) is 0 Å². The maximum absolute atomic E-state index is 12.2. The first-order valence-corrected chi connectivity index (χ1v) is 10.5. The molecule has 0 atom stereocenters. The van der Waals surface area contributed by atoms with E-state index in [2.05, 4.69) is 10.3 Å². The molecule has 0 amide bonds. The van der Waals surface area contributed by atoms with Crippen LogP contribution in [0, 0.1) is 6.92 Å². The number of nitrogens with zero attached hydrogens (tertiary/aromatic N) is 1. The summed E-state index contributed by atoms with van der Waals surface area (Å²) in [6.07, 6.45) is 0. The number of halogens is 2. The van der Waals surface area contributed by atoms with E-state index in [1.54, 1.807) is 13.1 Å². The zero-order chi connectivity index (χ0) is 22.3. The molecule has 31 heavy (non-hydrogen) atoms. The molecule has 2 aromatic carbocycles. The summed E-state index contributed by atoms with van der Waals surface area (Å²) in [6.45, 7) is 4.77. The highest BCUT2D eigenvalue weighted by Gasteiger charge is 2.26. The number of anilines is 1. The first-order valence-electron chi connectivity index (χ1n) is 9.75. The molecule has 1 aliphatic carbocycles. The van der Waals surface area contributed by atoms with E-state index in [0.717, 1.165) is 34.1 Å². The molecule has 4 rings (SSSR count). The zero-order valence-electron chi connectivity index (χ0n) is 17.2. The van der Waals surface area contributed by atoms with Crippen LogP contribution in [0.2, 0.25) is 10.0 Å². The molecular formula is C24H20Cl2N2O3. The first-order chi connectivity index (χ1) is 14.8. The van der Waals surface area contributed by atoms with E-state index in [9.17, 15) is 9.90 Å². The summed E-state index contributed by atoms with van der Waals surface area (Å²) in [4.78, 5) is 16.4. The third kappa shape index (κ3) is 3.64. The van der Waals surface area contributed by atoms with Crippen LogP contribution in [-0.4, -0.2) is 24.7 Å². The molecule has 1 heterocycles. The fourth-order valence-electron chi connectivity index (χ4n) is 3.83. The number of hydrogen-bond donors (Lipinski definition) is 2. The molecule has 5 nitrogen and oxygen atoms in total. The summed E-state index contributed by atoms with van der Waals surface area (Å²) in [6, 6.07) is 12.6. The fourth-order valence-corrected chi connectivity index (χ4v) is 4.32. The Kier molecular flexibility index (Phi) is 5.65. The highest BCUT2D eigenvalue weighted by Crippen LogP contribution is 2.46. The Balaban J connectivity index is 2.25. The molecule has 1 aliphatic heterocycles. The summed E-state index contributed by atoms with van der Waals surface area (Å²) in [7, 11) is 1.70. The van der Waals surface area contributed by atoms with Gasteiger partial charge in [0.1, 0.15) is 11.3 Å². The minimum absolute atomic E-state index is 0.0411. The lowest BCUT2D eigenvalue weighted by Crippen LogP contribution is -2.06. The number of nitrogens with one attached hydrogen (secondary N) is 1. The average molecular weight is 455 g/mol. The van der Waals surface area contributed by atoms with Crippen molar-refractivity contribution in [3.8, 4) is 22.5 Å². The normalized spacial score (nSPS) is 12.0. The molecular weight excluding hydrogens is 435 g/mol. The Hall–Kier alpha value is -3.02. The van der Waals surface area contributed by atoms with Crippen LogP contribution in [0.4, 0.5) is 5.69 Å². The SMILES string of the molecule is CCNc1cc2oc3c/c(=N/C)ccc-3c(-c3c(Cl)ccc(Cl)c3C(=O)O)c2cc1C. The van der Waals surface area contributed by atoms with Crippen molar-refractivity contribution in [2.75, 3.05) is 18.9 Å². The third-order valence-corrected chi connectivity index (χ3v) is 5.87. The Morgan fingerprint density at radius 1 is 1.10 bits per heavy atom. The van der Waals surface area contributed by atoms with Crippen LogP contribution in [0.15, 0.2) is 51.9 Å². The number of carboxylic acids is 1. The summed E-state index contributed by atoms with van der Waals surface area (Å²) in [5, 5.41) is 15.2. The minimum Gasteiger partial charge on any atom is -0.478 e. The van der Waals surface area contributed by atoms with Crippen molar-refractivity contribution < 1.29 is 14.3 Å². The monoisotopic (exact) mass is 454 g/mol. The molecule has 0 saturated carbocycles. The summed E-state index contributed by atoms with van der Waals surface area (Å²) in [5.41, 5.74) is 4.25. The Morgan fingerprint density at radius 2 is 1.84 bits per heavy atom. The molecule has 0 spiro atoms. The topological polar surface area (TPSA) is 74.8 Å². The fraction of sp³-hybridized carbons (Fsp3) is 0.167. The van der Waals surface area contributed by atoms with Crippen molar-refractivity contribution in [3.05, 3.63) is 69.0 Å². The van der Waals surface area contributed by atoms with E-state index in [1.165, 1.54) is 6.07 Å². The molecule has 0 bridgehead atoms. The van der Waals surface area contributed by atoms with Gasteiger partial charge in [-0.3, -0.25) is 4.99 Å². The van der Waals surface area contributed by atoms with E-state index in [1.807, 2.05) is 44.2 Å². The van der Waals surface area contributed by atoms with Crippen molar-refractivity contribution in [3.63, 3.8) is 0 Å². The van der Waals surface area contributed by atoms with Gasteiger partial charge in [0.25, 0.3) is 0 Å². The van der Waals surface area contributed by atoms with Gasteiger partial charge in [0.2, 0.25) is 0 Å².